The molecule has 2 aromatic carbocycles. The molecule has 0 saturated carbocycles. The van der Waals surface area contributed by atoms with Gasteiger partial charge in [-0.1, -0.05) is 6.92 Å². The molecule has 7 heteroatoms. The summed E-state index contributed by atoms with van der Waals surface area (Å²) in [6.07, 6.45) is 2.48. The molecule has 2 amide bonds. The SMILES string of the molecule is CCCC(=O)Nc1ccc(C(=O)N/N=C\c2ccc(O)cc2O)cc1. The average Bonchev–Trinajstić information content (AvgIpc) is 2.57. The lowest BCUT2D eigenvalue weighted by Gasteiger charge is -2.05. The molecule has 0 heterocycles. The summed E-state index contributed by atoms with van der Waals surface area (Å²) in [4.78, 5) is 23.5. The van der Waals surface area contributed by atoms with Crippen LogP contribution in [0.25, 0.3) is 0 Å². The monoisotopic (exact) mass is 341 g/mol. The maximum absolute atomic E-state index is 12.0. The van der Waals surface area contributed by atoms with Gasteiger partial charge in [0.25, 0.3) is 5.91 Å². The largest absolute Gasteiger partial charge is 0.508 e. The smallest absolute Gasteiger partial charge is 0.271 e. The molecule has 0 bridgehead atoms. The predicted octanol–water partition coefficient (Wildman–Crippen LogP) is 2.60. The fraction of sp³-hybridized carbons (Fsp3) is 0.167. The van der Waals surface area contributed by atoms with Crippen molar-refractivity contribution in [3.8, 4) is 11.5 Å². The fourth-order valence-electron chi connectivity index (χ4n) is 2.02. The Morgan fingerprint density at radius 2 is 1.84 bits per heavy atom. The lowest BCUT2D eigenvalue weighted by molar-refractivity contribution is -0.116. The van der Waals surface area contributed by atoms with Gasteiger partial charge in [-0.2, -0.15) is 5.10 Å². The van der Waals surface area contributed by atoms with Crippen molar-refractivity contribution in [2.24, 2.45) is 5.10 Å². The third-order valence-electron chi connectivity index (χ3n) is 3.29. The minimum Gasteiger partial charge on any atom is -0.508 e. The number of carbonyl (C=O) groups is 2. The second kappa shape index (κ2) is 8.49. The van der Waals surface area contributed by atoms with Crippen LogP contribution in [-0.2, 0) is 4.79 Å². The van der Waals surface area contributed by atoms with Crippen LogP contribution in [0.4, 0.5) is 5.69 Å². The summed E-state index contributed by atoms with van der Waals surface area (Å²) in [6.45, 7) is 1.92. The van der Waals surface area contributed by atoms with Crippen LogP contribution in [0.15, 0.2) is 47.6 Å². The number of hydrazone groups is 1. The lowest BCUT2D eigenvalue weighted by atomic mass is 10.2. The maximum Gasteiger partial charge on any atom is 0.271 e. The number of amides is 2. The molecule has 0 fully saturated rings. The third-order valence-corrected chi connectivity index (χ3v) is 3.29. The number of nitrogens with zero attached hydrogens (tertiary/aromatic N) is 1. The number of carbonyl (C=O) groups excluding carboxylic acids is 2. The minimum atomic E-state index is -0.430. The van der Waals surface area contributed by atoms with E-state index in [0.29, 0.717) is 23.2 Å². The molecule has 2 rings (SSSR count). The Morgan fingerprint density at radius 1 is 1.12 bits per heavy atom. The van der Waals surface area contributed by atoms with E-state index in [-0.39, 0.29) is 17.4 Å². The Hall–Kier alpha value is -3.35. The quantitative estimate of drug-likeness (QED) is 0.478. The van der Waals surface area contributed by atoms with Crippen molar-refractivity contribution < 1.29 is 19.8 Å². The lowest BCUT2D eigenvalue weighted by Crippen LogP contribution is -2.17. The van der Waals surface area contributed by atoms with Crippen LogP contribution in [0.1, 0.15) is 35.7 Å². The van der Waals surface area contributed by atoms with Gasteiger partial charge in [-0.15, -0.1) is 0 Å². The number of phenolic OH excluding ortho intramolecular Hbond substituents is 2. The van der Waals surface area contributed by atoms with Crippen LogP contribution >= 0.6 is 0 Å². The molecule has 130 valence electrons. The summed E-state index contributed by atoms with van der Waals surface area (Å²) in [5, 5.41) is 25.3. The number of rotatable bonds is 6. The first-order chi connectivity index (χ1) is 12.0. The van der Waals surface area contributed by atoms with Gasteiger partial charge in [0, 0.05) is 29.3 Å². The van der Waals surface area contributed by atoms with Gasteiger partial charge in [-0.05, 0) is 42.8 Å². The molecule has 0 atom stereocenters. The Balaban J connectivity index is 1.94. The second-order valence-electron chi connectivity index (χ2n) is 5.32. The summed E-state index contributed by atoms with van der Waals surface area (Å²) in [5.74, 6) is -0.714. The first-order valence-electron chi connectivity index (χ1n) is 7.75. The number of aromatic hydroxyl groups is 2. The molecule has 7 nitrogen and oxygen atoms in total. The zero-order valence-corrected chi connectivity index (χ0v) is 13.7. The summed E-state index contributed by atoms with van der Waals surface area (Å²) < 4.78 is 0. The van der Waals surface area contributed by atoms with Crippen molar-refractivity contribution in [1.29, 1.82) is 0 Å². The average molecular weight is 341 g/mol. The first-order valence-corrected chi connectivity index (χ1v) is 7.75. The van der Waals surface area contributed by atoms with Crippen LogP contribution in [0.2, 0.25) is 0 Å². The molecule has 0 aliphatic carbocycles. The highest BCUT2D eigenvalue weighted by Crippen LogP contribution is 2.20. The van der Waals surface area contributed by atoms with Gasteiger partial charge in [-0.25, -0.2) is 5.43 Å². The van der Waals surface area contributed by atoms with E-state index in [1.165, 1.54) is 24.4 Å². The van der Waals surface area contributed by atoms with Gasteiger partial charge < -0.3 is 15.5 Å². The third kappa shape index (κ3) is 5.35. The normalized spacial score (nSPS) is 10.6. The topological polar surface area (TPSA) is 111 Å². The van der Waals surface area contributed by atoms with E-state index in [0.717, 1.165) is 6.42 Å². The highest BCUT2D eigenvalue weighted by atomic mass is 16.3. The number of benzene rings is 2. The van der Waals surface area contributed by atoms with Crippen LogP contribution in [0, 0.1) is 0 Å². The van der Waals surface area contributed by atoms with Crippen molar-refractivity contribution >= 4 is 23.7 Å². The molecular formula is C18H19N3O4. The van der Waals surface area contributed by atoms with Crippen LogP contribution in [0.3, 0.4) is 0 Å². The second-order valence-corrected chi connectivity index (χ2v) is 5.32. The summed E-state index contributed by atoms with van der Waals surface area (Å²) in [6, 6.07) is 10.5. The van der Waals surface area contributed by atoms with Gasteiger partial charge in [0.05, 0.1) is 6.21 Å². The molecule has 2 aromatic rings. The van der Waals surface area contributed by atoms with E-state index < -0.39 is 5.91 Å². The fourth-order valence-corrected chi connectivity index (χ4v) is 2.02. The van der Waals surface area contributed by atoms with Crippen LogP contribution < -0.4 is 10.7 Å². The molecule has 0 saturated heterocycles. The Kier molecular flexibility index (Phi) is 6.11. The first kappa shape index (κ1) is 18.0. The van der Waals surface area contributed by atoms with Gasteiger partial charge >= 0.3 is 0 Å². The molecular weight excluding hydrogens is 322 g/mol. The number of anilines is 1. The highest BCUT2D eigenvalue weighted by molar-refractivity contribution is 5.96. The predicted molar refractivity (Wildman–Crippen MR) is 94.8 cm³/mol. The maximum atomic E-state index is 12.0. The number of phenols is 2. The van der Waals surface area contributed by atoms with E-state index in [1.54, 1.807) is 24.3 Å². The van der Waals surface area contributed by atoms with Gasteiger partial charge in [0.15, 0.2) is 0 Å². The molecule has 0 aliphatic heterocycles. The van der Waals surface area contributed by atoms with Crippen LogP contribution in [-0.4, -0.2) is 28.2 Å². The summed E-state index contributed by atoms with van der Waals surface area (Å²) in [5.41, 5.74) is 3.69. The molecule has 0 unspecified atom stereocenters. The number of nitrogens with one attached hydrogen (secondary N) is 2. The van der Waals surface area contributed by atoms with E-state index in [9.17, 15) is 19.8 Å². The standard InChI is InChI=1S/C18H19N3O4/c1-2-3-17(24)20-14-7-4-12(5-8-14)18(25)21-19-11-13-6-9-15(22)10-16(13)23/h4-11,22-23H,2-3H2,1H3,(H,20,24)(H,21,25)/b19-11-. The molecule has 0 aliphatic rings. The van der Waals surface area contributed by atoms with Gasteiger partial charge in [0.1, 0.15) is 11.5 Å². The van der Waals surface area contributed by atoms with E-state index in [1.807, 2.05) is 6.92 Å². The number of hydrogen-bond donors (Lipinski definition) is 4. The Labute approximate surface area is 145 Å². The zero-order chi connectivity index (χ0) is 18.2. The Morgan fingerprint density at radius 3 is 2.48 bits per heavy atom. The van der Waals surface area contributed by atoms with Crippen molar-refractivity contribution in [2.75, 3.05) is 5.32 Å². The molecule has 0 radical (unpaired) electrons. The molecule has 25 heavy (non-hydrogen) atoms. The zero-order valence-electron chi connectivity index (χ0n) is 13.7. The summed E-state index contributed by atoms with van der Waals surface area (Å²) >= 11 is 0. The van der Waals surface area contributed by atoms with Crippen molar-refractivity contribution in [1.82, 2.24) is 5.43 Å². The van der Waals surface area contributed by atoms with Crippen molar-refractivity contribution in [2.45, 2.75) is 19.8 Å². The van der Waals surface area contributed by atoms with Crippen molar-refractivity contribution in [3.63, 3.8) is 0 Å². The molecule has 0 aromatic heterocycles. The minimum absolute atomic E-state index is 0.0650. The van der Waals surface area contributed by atoms with Crippen molar-refractivity contribution in [3.05, 3.63) is 53.6 Å². The van der Waals surface area contributed by atoms with Gasteiger partial charge in [0.2, 0.25) is 5.91 Å². The van der Waals surface area contributed by atoms with Gasteiger partial charge in [-0.3, -0.25) is 9.59 Å². The van der Waals surface area contributed by atoms with Crippen LogP contribution in [0.5, 0.6) is 11.5 Å². The summed E-state index contributed by atoms with van der Waals surface area (Å²) in [7, 11) is 0. The van der Waals surface area contributed by atoms with E-state index in [2.05, 4.69) is 15.8 Å². The molecule has 0 spiro atoms. The Bertz CT molecular complexity index is 785. The van der Waals surface area contributed by atoms with E-state index in [4.69, 9.17) is 0 Å². The highest BCUT2D eigenvalue weighted by Gasteiger charge is 2.06. The van der Waals surface area contributed by atoms with E-state index >= 15 is 0 Å². The molecule has 4 N–H and O–H groups in total. The number of hydrogen-bond acceptors (Lipinski definition) is 5.